The molecule has 1 aliphatic heterocycles. The van der Waals surface area contributed by atoms with Crippen molar-refractivity contribution in [1.82, 2.24) is 14.6 Å². The average molecular weight is 490 g/mol. The number of aliphatic hydroxyl groups is 1. The summed E-state index contributed by atoms with van der Waals surface area (Å²) in [6, 6.07) is 15.8. The van der Waals surface area contributed by atoms with Crippen LogP contribution in [-0.2, 0) is 15.8 Å². The number of rotatable bonds is 8. The smallest absolute Gasteiger partial charge is 0.322 e. The standard InChI is InChI=1S/C23H28ClN5O3S/c1-4-28(5-2)33(31,32)27-20-19(25-3)21(20)29-15-23(30,17-9-7-6-8-10-17)22(26-29)16-11-13-18(24)14-12-16/h6-14,19,21,25,30H,4-5,15H2,1-3H3. The van der Waals surface area contributed by atoms with Crippen LogP contribution >= 0.6 is 11.6 Å². The first-order chi connectivity index (χ1) is 15.7. The Morgan fingerprint density at radius 2 is 1.82 bits per heavy atom. The van der Waals surface area contributed by atoms with Crippen LogP contribution < -0.4 is 5.32 Å². The predicted molar refractivity (Wildman–Crippen MR) is 131 cm³/mol. The summed E-state index contributed by atoms with van der Waals surface area (Å²) in [5, 5.41) is 22.1. The fourth-order valence-corrected chi connectivity index (χ4v) is 5.66. The summed E-state index contributed by atoms with van der Waals surface area (Å²) < 4.78 is 30.9. The lowest BCUT2D eigenvalue weighted by atomic mass is 9.86. The summed E-state index contributed by atoms with van der Waals surface area (Å²) in [7, 11) is -2.03. The number of hydrogen-bond donors (Lipinski definition) is 2. The van der Waals surface area contributed by atoms with Gasteiger partial charge in [-0.05, 0) is 24.7 Å². The van der Waals surface area contributed by atoms with Crippen molar-refractivity contribution < 1.29 is 13.5 Å². The second kappa shape index (κ2) is 9.15. The van der Waals surface area contributed by atoms with Crippen LogP contribution in [0.2, 0.25) is 5.02 Å². The van der Waals surface area contributed by atoms with Crippen LogP contribution in [0.15, 0.2) is 64.1 Å². The Hall–Kier alpha value is -2.30. The molecule has 176 valence electrons. The second-order valence-electron chi connectivity index (χ2n) is 8.07. The topological polar surface area (TPSA) is 97.6 Å². The maximum Gasteiger partial charge on any atom is 0.322 e. The zero-order valence-electron chi connectivity index (χ0n) is 18.8. The molecule has 1 heterocycles. The van der Waals surface area contributed by atoms with Crippen molar-refractivity contribution in [3.05, 3.63) is 70.7 Å². The number of nitrogens with one attached hydrogen (secondary N) is 1. The van der Waals surface area contributed by atoms with E-state index in [1.807, 2.05) is 42.5 Å². The number of benzene rings is 2. The maximum absolute atomic E-state index is 12.7. The monoisotopic (exact) mass is 489 g/mol. The lowest BCUT2D eigenvalue weighted by Gasteiger charge is -2.26. The predicted octanol–water partition coefficient (Wildman–Crippen LogP) is 2.25. The van der Waals surface area contributed by atoms with Gasteiger partial charge in [-0.15, -0.1) is 0 Å². The fraction of sp³-hybridized carbons (Fsp3) is 0.391. The van der Waals surface area contributed by atoms with Crippen LogP contribution in [0.3, 0.4) is 0 Å². The molecule has 8 nitrogen and oxygen atoms in total. The quantitative estimate of drug-likeness (QED) is 0.592. The first-order valence-electron chi connectivity index (χ1n) is 10.9. The van der Waals surface area contributed by atoms with Gasteiger partial charge in [-0.25, -0.2) is 0 Å². The van der Waals surface area contributed by atoms with Gasteiger partial charge in [0, 0.05) is 23.7 Å². The van der Waals surface area contributed by atoms with Crippen LogP contribution in [-0.4, -0.2) is 73.0 Å². The van der Waals surface area contributed by atoms with E-state index in [-0.39, 0.29) is 18.6 Å². The van der Waals surface area contributed by atoms with Gasteiger partial charge < -0.3 is 10.4 Å². The highest BCUT2D eigenvalue weighted by Gasteiger charge is 2.56. The summed E-state index contributed by atoms with van der Waals surface area (Å²) in [5.41, 5.74) is 1.04. The van der Waals surface area contributed by atoms with Crippen molar-refractivity contribution in [2.45, 2.75) is 31.5 Å². The molecular formula is C23H28ClN5O3S. The minimum absolute atomic E-state index is 0.169. The number of hydrazone groups is 1. The SMILES string of the molecule is CCN(CC)S(=O)(=O)N=C1C(NC)C1N1CC(O)(c2ccccc2)C(c2ccc(Cl)cc2)=N1. The molecule has 0 amide bonds. The van der Waals surface area contributed by atoms with Gasteiger partial charge in [-0.3, -0.25) is 5.01 Å². The molecule has 3 unspecified atom stereocenters. The van der Waals surface area contributed by atoms with E-state index >= 15 is 0 Å². The summed E-state index contributed by atoms with van der Waals surface area (Å²) in [6.45, 7) is 4.43. The first kappa shape index (κ1) is 23.8. The molecule has 2 aromatic rings. The lowest BCUT2D eigenvalue weighted by Crippen LogP contribution is -2.40. The number of hydrogen-bond acceptors (Lipinski definition) is 6. The van der Waals surface area contributed by atoms with E-state index in [1.54, 1.807) is 38.0 Å². The van der Waals surface area contributed by atoms with E-state index in [1.165, 1.54) is 4.31 Å². The molecule has 1 aliphatic carbocycles. The van der Waals surface area contributed by atoms with Gasteiger partial charge in [0.2, 0.25) is 0 Å². The van der Waals surface area contributed by atoms with Gasteiger partial charge in [-0.1, -0.05) is 67.9 Å². The number of β-amino-alcohol motifs (C(OH)–C–C–N with tert-alkyl or cyclic N) is 1. The highest BCUT2D eigenvalue weighted by Crippen LogP contribution is 2.38. The molecule has 10 heteroatoms. The van der Waals surface area contributed by atoms with E-state index in [9.17, 15) is 13.5 Å². The molecule has 1 saturated carbocycles. The zero-order chi connectivity index (χ0) is 23.8. The van der Waals surface area contributed by atoms with Crippen LogP contribution in [0.25, 0.3) is 0 Å². The third-order valence-electron chi connectivity index (χ3n) is 6.09. The van der Waals surface area contributed by atoms with Crippen LogP contribution in [0.1, 0.15) is 25.0 Å². The maximum atomic E-state index is 12.7. The highest BCUT2D eigenvalue weighted by atomic mass is 35.5. The van der Waals surface area contributed by atoms with Crippen LogP contribution in [0.5, 0.6) is 0 Å². The Labute approximate surface area is 199 Å². The molecule has 2 N–H and O–H groups in total. The Kier molecular flexibility index (Phi) is 6.61. The second-order valence-corrected chi connectivity index (χ2v) is 10.1. The van der Waals surface area contributed by atoms with Gasteiger partial charge in [0.1, 0.15) is 11.8 Å². The Morgan fingerprint density at radius 1 is 1.18 bits per heavy atom. The third-order valence-corrected chi connectivity index (χ3v) is 7.96. The summed E-state index contributed by atoms with van der Waals surface area (Å²) in [6.07, 6.45) is 0. The third kappa shape index (κ3) is 4.43. The van der Waals surface area contributed by atoms with E-state index < -0.39 is 15.8 Å². The van der Waals surface area contributed by atoms with Gasteiger partial charge in [0.15, 0.2) is 5.60 Å². The molecule has 33 heavy (non-hydrogen) atoms. The van der Waals surface area contributed by atoms with Crippen molar-refractivity contribution in [2.75, 3.05) is 26.7 Å². The fourth-order valence-electron chi connectivity index (χ4n) is 4.28. The van der Waals surface area contributed by atoms with Crippen molar-refractivity contribution in [3.8, 4) is 0 Å². The normalized spacial score (nSPS) is 26.2. The van der Waals surface area contributed by atoms with Crippen LogP contribution in [0.4, 0.5) is 0 Å². The molecule has 0 aromatic heterocycles. The van der Waals surface area contributed by atoms with Crippen molar-refractivity contribution in [2.24, 2.45) is 9.50 Å². The van der Waals surface area contributed by atoms with Crippen molar-refractivity contribution >= 4 is 33.2 Å². The Bertz CT molecular complexity index is 1170. The number of halogens is 1. The highest BCUT2D eigenvalue weighted by molar-refractivity contribution is 7.88. The van der Waals surface area contributed by atoms with Gasteiger partial charge >= 0.3 is 10.2 Å². The molecule has 0 bridgehead atoms. The summed E-state index contributed by atoms with van der Waals surface area (Å²) >= 11 is 6.07. The Balaban J connectivity index is 1.73. The minimum atomic E-state index is -3.79. The molecule has 2 aliphatic rings. The van der Waals surface area contributed by atoms with E-state index in [0.717, 1.165) is 5.56 Å². The first-order valence-corrected chi connectivity index (χ1v) is 12.7. The van der Waals surface area contributed by atoms with Gasteiger partial charge in [-0.2, -0.15) is 22.2 Å². The number of nitrogens with zero attached hydrogens (tertiary/aromatic N) is 4. The zero-order valence-corrected chi connectivity index (χ0v) is 20.4. The molecule has 1 fully saturated rings. The molecule has 0 spiro atoms. The van der Waals surface area contributed by atoms with Gasteiger partial charge in [0.25, 0.3) is 0 Å². The minimum Gasteiger partial charge on any atom is -0.377 e. The number of likely N-dealkylation sites (N-methyl/N-ethyl adjacent to an activating group) is 1. The molecule has 2 aromatic carbocycles. The Morgan fingerprint density at radius 3 is 2.39 bits per heavy atom. The van der Waals surface area contributed by atoms with E-state index in [0.29, 0.717) is 35.1 Å². The molecule has 0 saturated heterocycles. The van der Waals surface area contributed by atoms with E-state index in [2.05, 4.69) is 9.71 Å². The summed E-state index contributed by atoms with van der Waals surface area (Å²) in [4.78, 5) is 0. The summed E-state index contributed by atoms with van der Waals surface area (Å²) in [5.74, 6) is 0. The molecule has 3 atom stereocenters. The molecule has 4 rings (SSSR count). The largest absolute Gasteiger partial charge is 0.377 e. The average Bonchev–Trinajstić information content (AvgIpc) is 3.37. The van der Waals surface area contributed by atoms with Crippen molar-refractivity contribution in [1.29, 1.82) is 0 Å². The molecule has 0 radical (unpaired) electrons. The molecular weight excluding hydrogens is 462 g/mol. The van der Waals surface area contributed by atoms with E-state index in [4.69, 9.17) is 16.7 Å². The lowest BCUT2D eigenvalue weighted by molar-refractivity contribution is 0.0843. The van der Waals surface area contributed by atoms with Crippen LogP contribution in [0, 0.1) is 0 Å². The van der Waals surface area contributed by atoms with Gasteiger partial charge in [0.05, 0.1) is 18.3 Å². The van der Waals surface area contributed by atoms with Crippen molar-refractivity contribution in [3.63, 3.8) is 0 Å².